The zero-order chi connectivity index (χ0) is 11.4. The Labute approximate surface area is 89.7 Å². The van der Waals surface area contributed by atoms with Crippen LogP contribution < -0.4 is 5.73 Å². The molecular formula is C12H17NO2. The third-order valence-corrected chi connectivity index (χ3v) is 4.66. The molecule has 0 aromatic rings. The van der Waals surface area contributed by atoms with Crippen LogP contribution in [0.25, 0.3) is 0 Å². The highest BCUT2D eigenvalue weighted by Crippen LogP contribution is 2.65. The summed E-state index contributed by atoms with van der Waals surface area (Å²) in [6, 6.07) is 0. The van der Waals surface area contributed by atoms with Crippen molar-refractivity contribution in [3.63, 3.8) is 0 Å². The van der Waals surface area contributed by atoms with Crippen LogP contribution >= 0.6 is 0 Å². The predicted octanol–water partition coefficient (Wildman–Crippen LogP) is 1.42. The first kappa shape index (κ1) is 10.4. The Bertz CT molecular complexity index is 381. The number of hydrogen-bond acceptors (Lipinski definition) is 2. The maximum Gasteiger partial charge on any atom is 0.241 e. The molecule has 2 fully saturated rings. The third kappa shape index (κ3) is 1.06. The summed E-state index contributed by atoms with van der Waals surface area (Å²) in [5.41, 5.74) is 5.46. The molecule has 2 aliphatic rings. The molecule has 0 unspecified atom stereocenters. The van der Waals surface area contributed by atoms with E-state index in [0.29, 0.717) is 5.57 Å². The van der Waals surface area contributed by atoms with Crippen molar-refractivity contribution in [2.24, 2.45) is 22.5 Å². The molecule has 0 saturated heterocycles. The molecule has 2 rings (SSSR count). The molecule has 2 aliphatic carbocycles. The maximum absolute atomic E-state index is 12.2. The van der Waals surface area contributed by atoms with Crippen LogP contribution in [0.5, 0.6) is 0 Å². The van der Waals surface area contributed by atoms with E-state index < -0.39 is 5.91 Å². The van der Waals surface area contributed by atoms with Crippen LogP contribution in [-0.4, -0.2) is 11.7 Å². The molecule has 0 aliphatic heterocycles. The number of Topliss-reactive ketones (excluding diaryl/α,β-unsaturated/α-hetero) is 1. The Kier molecular flexibility index (Phi) is 1.88. The topological polar surface area (TPSA) is 60.2 Å². The zero-order valence-corrected chi connectivity index (χ0v) is 9.46. The Morgan fingerprint density at radius 3 is 2.47 bits per heavy atom. The summed E-state index contributed by atoms with van der Waals surface area (Å²) in [5, 5.41) is 0. The first-order valence-corrected chi connectivity index (χ1v) is 5.36. The van der Waals surface area contributed by atoms with Gasteiger partial charge in [-0.15, -0.1) is 0 Å². The van der Waals surface area contributed by atoms with Crippen molar-refractivity contribution >= 4 is 11.7 Å². The number of ketones is 1. The highest BCUT2D eigenvalue weighted by molar-refractivity contribution is 6.08. The second-order valence-electron chi connectivity index (χ2n) is 5.48. The van der Waals surface area contributed by atoms with Gasteiger partial charge in [0.1, 0.15) is 0 Å². The van der Waals surface area contributed by atoms with E-state index in [-0.39, 0.29) is 22.5 Å². The molecule has 0 aromatic carbocycles. The van der Waals surface area contributed by atoms with Crippen LogP contribution in [-0.2, 0) is 9.59 Å². The molecule has 1 amide bonds. The van der Waals surface area contributed by atoms with Gasteiger partial charge in [-0.1, -0.05) is 20.8 Å². The van der Waals surface area contributed by atoms with Gasteiger partial charge in [0.2, 0.25) is 5.91 Å². The Morgan fingerprint density at radius 2 is 2.07 bits per heavy atom. The lowest BCUT2D eigenvalue weighted by Gasteiger charge is -2.31. The summed E-state index contributed by atoms with van der Waals surface area (Å²) < 4.78 is 0. The summed E-state index contributed by atoms with van der Waals surface area (Å²) in [7, 11) is 0. The molecule has 2 N–H and O–H groups in total. The number of allylic oxidation sites excluding steroid dienone is 1. The van der Waals surface area contributed by atoms with Crippen molar-refractivity contribution in [1.82, 2.24) is 0 Å². The molecule has 3 heteroatoms. The van der Waals surface area contributed by atoms with Crippen LogP contribution in [0.2, 0.25) is 0 Å². The van der Waals surface area contributed by atoms with E-state index in [1.54, 1.807) is 0 Å². The Hall–Kier alpha value is -1.12. The monoisotopic (exact) mass is 207 g/mol. The fourth-order valence-corrected chi connectivity index (χ4v) is 3.25. The van der Waals surface area contributed by atoms with Crippen molar-refractivity contribution in [2.75, 3.05) is 0 Å². The zero-order valence-electron chi connectivity index (χ0n) is 9.46. The van der Waals surface area contributed by atoms with Gasteiger partial charge in [0.15, 0.2) is 5.78 Å². The summed E-state index contributed by atoms with van der Waals surface area (Å²) in [5.74, 6) is -0.171. The lowest BCUT2D eigenvalue weighted by Crippen LogP contribution is -2.32. The molecular weight excluding hydrogens is 190 g/mol. The van der Waals surface area contributed by atoms with Crippen LogP contribution in [0.15, 0.2) is 11.6 Å². The van der Waals surface area contributed by atoms with Gasteiger partial charge in [0.05, 0.1) is 0 Å². The second-order valence-corrected chi connectivity index (χ2v) is 5.48. The fraction of sp³-hybridized carbons (Fsp3) is 0.667. The van der Waals surface area contributed by atoms with Gasteiger partial charge >= 0.3 is 0 Å². The number of nitrogens with two attached hydrogens (primary N) is 1. The van der Waals surface area contributed by atoms with E-state index >= 15 is 0 Å². The molecule has 82 valence electrons. The SMILES string of the molecule is CC1(C)[C@H]2CC[C@]1(C)C(=O)/C2=C/C(N)=O. The molecule has 0 aromatic heterocycles. The smallest absolute Gasteiger partial charge is 0.241 e. The van der Waals surface area contributed by atoms with E-state index in [1.807, 2.05) is 6.92 Å². The molecule has 15 heavy (non-hydrogen) atoms. The second kappa shape index (κ2) is 2.71. The number of fused-ring (bicyclic) bond motifs is 2. The van der Waals surface area contributed by atoms with Crippen LogP contribution in [0.1, 0.15) is 33.6 Å². The number of hydrogen-bond donors (Lipinski definition) is 1. The van der Waals surface area contributed by atoms with Gasteiger partial charge in [-0.3, -0.25) is 9.59 Å². The average Bonchev–Trinajstić information content (AvgIpc) is 2.40. The van der Waals surface area contributed by atoms with E-state index in [2.05, 4.69) is 13.8 Å². The normalized spacial score (nSPS) is 40.1. The van der Waals surface area contributed by atoms with Gasteiger partial charge in [0.25, 0.3) is 0 Å². The highest BCUT2D eigenvalue weighted by atomic mass is 16.1. The Morgan fingerprint density at radius 1 is 1.47 bits per heavy atom. The molecule has 0 heterocycles. The lowest BCUT2D eigenvalue weighted by molar-refractivity contribution is -0.125. The predicted molar refractivity (Wildman–Crippen MR) is 56.9 cm³/mol. The number of amides is 1. The largest absolute Gasteiger partial charge is 0.366 e. The minimum Gasteiger partial charge on any atom is -0.366 e. The number of rotatable bonds is 1. The quantitative estimate of drug-likeness (QED) is 0.661. The van der Waals surface area contributed by atoms with E-state index in [4.69, 9.17) is 5.73 Å². The van der Waals surface area contributed by atoms with E-state index in [9.17, 15) is 9.59 Å². The summed E-state index contributed by atoms with van der Waals surface area (Å²) in [4.78, 5) is 23.0. The van der Waals surface area contributed by atoms with Crippen LogP contribution in [0.4, 0.5) is 0 Å². The van der Waals surface area contributed by atoms with Crippen molar-refractivity contribution < 1.29 is 9.59 Å². The summed E-state index contributed by atoms with van der Waals surface area (Å²) >= 11 is 0. The van der Waals surface area contributed by atoms with Gasteiger partial charge in [-0.2, -0.15) is 0 Å². The summed E-state index contributed by atoms with van der Waals surface area (Å²) in [6.07, 6.45) is 3.26. The van der Waals surface area contributed by atoms with Crippen molar-refractivity contribution in [1.29, 1.82) is 0 Å². The minimum absolute atomic E-state index is 0.0363. The van der Waals surface area contributed by atoms with Crippen molar-refractivity contribution in [3.05, 3.63) is 11.6 Å². The minimum atomic E-state index is -0.509. The van der Waals surface area contributed by atoms with E-state index in [1.165, 1.54) is 6.08 Å². The molecule has 2 saturated carbocycles. The average molecular weight is 207 g/mol. The first-order chi connectivity index (χ1) is 6.80. The van der Waals surface area contributed by atoms with Gasteiger partial charge in [-0.05, 0) is 24.2 Å². The highest BCUT2D eigenvalue weighted by Gasteiger charge is 2.63. The van der Waals surface area contributed by atoms with Crippen molar-refractivity contribution in [3.8, 4) is 0 Å². The molecule has 3 nitrogen and oxygen atoms in total. The number of carbonyl (C=O) groups excluding carboxylic acids is 2. The van der Waals surface area contributed by atoms with Crippen molar-refractivity contribution in [2.45, 2.75) is 33.6 Å². The molecule has 2 atom stereocenters. The maximum atomic E-state index is 12.2. The van der Waals surface area contributed by atoms with Gasteiger partial charge < -0.3 is 5.73 Å². The van der Waals surface area contributed by atoms with Gasteiger partial charge in [0, 0.05) is 17.1 Å². The van der Waals surface area contributed by atoms with E-state index in [0.717, 1.165) is 12.8 Å². The summed E-state index contributed by atoms with van der Waals surface area (Å²) in [6.45, 7) is 6.24. The molecule has 0 radical (unpaired) electrons. The lowest BCUT2D eigenvalue weighted by atomic mass is 9.70. The molecule has 0 spiro atoms. The Balaban J connectivity index is 2.52. The standard InChI is InChI=1S/C12H17NO2/c1-11(2)8-4-5-12(11,3)10(15)7(8)6-9(13)14/h6,8H,4-5H2,1-3H3,(H2,13,14)/b7-6+/t8-,12+/m0/s1. The fourth-order valence-electron chi connectivity index (χ4n) is 3.25. The number of primary amides is 1. The van der Waals surface area contributed by atoms with Crippen LogP contribution in [0.3, 0.4) is 0 Å². The first-order valence-electron chi connectivity index (χ1n) is 5.36. The van der Waals surface area contributed by atoms with Crippen LogP contribution in [0, 0.1) is 16.7 Å². The number of carbonyl (C=O) groups is 2. The van der Waals surface area contributed by atoms with Gasteiger partial charge in [-0.25, -0.2) is 0 Å². The molecule has 2 bridgehead atoms. The third-order valence-electron chi connectivity index (χ3n) is 4.66.